The summed E-state index contributed by atoms with van der Waals surface area (Å²) >= 11 is 0. The van der Waals surface area contributed by atoms with Crippen LogP contribution in [0.15, 0.2) is 12.5 Å². The Morgan fingerprint density at radius 2 is 1.56 bits per heavy atom. The SMILES string of the molecule is NC(Cc1cnc[nH]1)C(=O)NC(CC(=O)O)C(=O)NC(CC(=O)O)C(=O)O. The van der Waals surface area contributed by atoms with E-state index in [-0.39, 0.29) is 6.42 Å². The number of nitrogens with two attached hydrogens (primary N) is 1. The number of amides is 2. The van der Waals surface area contributed by atoms with Crippen LogP contribution in [0.1, 0.15) is 18.5 Å². The summed E-state index contributed by atoms with van der Waals surface area (Å²) in [7, 11) is 0. The van der Waals surface area contributed by atoms with E-state index in [0.29, 0.717) is 5.69 Å². The van der Waals surface area contributed by atoms with Gasteiger partial charge < -0.3 is 36.7 Å². The summed E-state index contributed by atoms with van der Waals surface area (Å²) in [5.41, 5.74) is 6.22. The van der Waals surface area contributed by atoms with E-state index in [1.54, 1.807) is 0 Å². The number of carboxylic acids is 3. The van der Waals surface area contributed by atoms with Crippen molar-refractivity contribution in [3.05, 3.63) is 18.2 Å². The van der Waals surface area contributed by atoms with Crippen LogP contribution in [0.2, 0.25) is 0 Å². The first-order valence-electron chi connectivity index (χ1n) is 7.60. The topological polar surface area (TPSA) is 225 Å². The lowest BCUT2D eigenvalue weighted by atomic mass is 10.1. The van der Waals surface area contributed by atoms with Gasteiger partial charge in [0.15, 0.2) is 0 Å². The molecule has 3 atom stereocenters. The van der Waals surface area contributed by atoms with E-state index < -0.39 is 60.7 Å². The van der Waals surface area contributed by atoms with E-state index in [4.69, 9.17) is 21.1 Å². The highest BCUT2D eigenvalue weighted by Gasteiger charge is 2.30. The number of aromatic amines is 1. The van der Waals surface area contributed by atoms with Crippen LogP contribution in [0.25, 0.3) is 0 Å². The van der Waals surface area contributed by atoms with Crippen LogP contribution in [0.5, 0.6) is 0 Å². The molecule has 148 valence electrons. The summed E-state index contributed by atoms with van der Waals surface area (Å²) in [5, 5.41) is 30.5. The predicted molar refractivity (Wildman–Crippen MR) is 86.3 cm³/mol. The average Bonchev–Trinajstić information content (AvgIpc) is 3.05. The first kappa shape index (κ1) is 21.6. The second kappa shape index (κ2) is 9.86. The summed E-state index contributed by atoms with van der Waals surface area (Å²) in [6, 6.07) is -4.57. The largest absolute Gasteiger partial charge is 0.481 e. The molecule has 1 heterocycles. The summed E-state index contributed by atoms with van der Waals surface area (Å²) in [6.45, 7) is 0. The third-order valence-corrected chi connectivity index (χ3v) is 3.34. The standard InChI is InChI=1S/C14H19N5O8/c15-7(1-6-4-16-5-17-6)12(24)18-8(2-10(20)21)13(25)19-9(14(26)27)3-11(22)23/h4-5,7-9H,1-3,15H2,(H,16,17)(H,18,24)(H,19,25)(H,20,21)(H,22,23)(H,26,27). The van der Waals surface area contributed by atoms with Crippen molar-refractivity contribution in [2.45, 2.75) is 37.4 Å². The first-order chi connectivity index (χ1) is 12.6. The molecule has 1 aromatic rings. The molecule has 0 bridgehead atoms. The zero-order valence-electron chi connectivity index (χ0n) is 13.9. The Hall–Kier alpha value is -3.48. The third-order valence-electron chi connectivity index (χ3n) is 3.34. The quantitative estimate of drug-likeness (QED) is 0.208. The second-order valence-electron chi connectivity index (χ2n) is 5.54. The van der Waals surface area contributed by atoms with E-state index in [1.807, 2.05) is 5.32 Å². The molecule has 0 fully saturated rings. The molecular weight excluding hydrogens is 366 g/mol. The number of rotatable bonds is 11. The van der Waals surface area contributed by atoms with Gasteiger partial charge in [0.2, 0.25) is 11.8 Å². The Bertz CT molecular complexity index is 704. The summed E-state index contributed by atoms with van der Waals surface area (Å²) in [6.07, 6.45) is 1.05. The molecule has 13 heteroatoms. The molecule has 8 N–H and O–H groups in total. The number of carboxylic acid groups (broad SMARTS) is 3. The number of carbonyl (C=O) groups excluding carboxylic acids is 2. The second-order valence-corrected chi connectivity index (χ2v) is 5.54. The fourth-order valence-electron chi connectivity index (χ4n) is 2.04. The van der Waals surface area contributed by atoms with Gasteiger partial charge in [-0.25, -0.2) is 9.78 Å². The van der Waals surface area contributed by atoms with Crippen LogP contribution >= 0.6 is 0 Å². The Labute approximate surface area is 152 Å². The van der Waals surface area contributed by atoms with E-state index in [9.17, 15) is 24.0 Å². The van der Waals surface area contributed by atoms with Crippen LogP contribution in [-0.4, -0.2) is 73.1 Å². The number of carbonyl (C=O) groups is 5. The molecule has 2 amide bonds. The predicted octanol–water partition coefficient (Wildman–Crippen LogP) is -2.72. The molecule has 0 spiro atoms. The lowest BCUT2D eigenvalue weighted by Gasteiger charge is -2.21. The summed E-state index contributed by atoms with van der Waals surface area (Å²) < 4.78 is 0. The Morgan fingerprint density at radius 1 is 1.00 bits per heavy atom. The molecule has 0 aliphatic heterocycles. The molecule has 0 radical (unpaired) electrons. The highest BCUT2D eigenvalue weighted by molar-refractivity contribution is 5.94. The highest BCUT2D eigenvalue weighted by atomic mass is 16.4. The molecule has 0 saturated carbocycles. The van der Waals surface area contributed by atoms with Crippen molar-refractivity contribution in [3.63, 3.8) is 0 Å². The van der Waals surface area contributed by atoms with Gasteiger partial charge in [-0.05, 0) is 0 Å². The van der Waals surface area contributed by atoms with Crippen LogP contribution in [0, 0.1) is 0 Å². The molecule has 0 saturated heterocycles. The van der Waals surface area contributed by atoms with E-state index in [0.717, 1.165) is 0 Å². The lowest BCUT2D eigenvalue weighted by Crippen LogP contribution is -2.55. The maximum Gasteiger partial charge on any atom is 0.326 e. The van der Waals surface area contributed by atoms with E-state index in [2.05, 4.69) is 15.3 Å². The number of hydrogen-bond acceptors (Lipinski definition) is 7. The highest BCUT2D eigenvalue weighted by Crippen LogP contribution is 2.01. The molecule has 13 nitrogen and oxygen atoms in total. The molecule has 1 aromatic heterocycles. The van der Waals surface area contributed by atoms with Gasteiger partial charge in [-0.2, -0.15) is 0 Å². The van der Waals surface area contributed by atoms with Gasteiger partial charge in [-0.1, -0.05) is 0 Å². The fraction of sp³-hybridized carbons (Fsp3) is 0.429. The van der Waals surface area contributed by atoms with Crippen molar-refractivity contribution in [3.8, 4) is 0 Å². The monoisotopic (exact) mass is 385 g/mol. The van der Waals surface area contributed by atoms with Gasteiger partial charge in [-0.15, -0.1) is 0 Å². The number of aromatic nitrogens is 2. The van der Waals surface area contributed by atoms with Crippen molar-refractivity contribution in [1.82, 2.24) is 20.6 Å². The van der Waals surface area contributed by atoms with Gasteiger partial charge in [-0.3, -0.25) is 19.2 Å². The molecule has 0 aromatic carbocycles. The molecule has 0 aliphatic carbocycles. The van der Waals surface area contributed by atoms with Gasteiger partial charge >= 0.3 is 17.9 Å². The summed E-state index contributed by atoms with van der Waals surface area (Å²) in [4.78, 5) is 63.3. The zero-order chi connectivity index (χ0) is 20.6. The van der Waals surface area contributed by atoms with Crippen molar-refractivity contribution in [2.24, 2.45) is 5.73 Å². The smallest absolute Gasteiger partial charge is 0.326 e. The van der Waals surface area contributed by atoms with Crippen molar-refractivity contribution in [2.75, 3.05) is 0 Å². The van der Waals surface area contributed by atoms with Gasteiger partial charge in [0.1, 0.15) is 12.1 Å². The Balaban J connectivity index is 2.79. The van der Waals surface area contributed by atoms with E-state index in [1.165, 1.54) is 12.5 Å². The molecule has 27 heavy (non-hydrogen) atoms. The Kier molecular flexibility index (Phi) is 7.88. The lowest BCUT2D eigenvalue weighted by molar-refractivity contribution is -0.148. The van der Waals surface area contributed by atoms with Gasteiger partial charge in [0.25, 0.3) is 0 Å². The van der Waals surface area contributed by atoms with Gasteiger partial charge in [0, 0.05) is 18.3 Å². The number of hydrogen-bond donors (Lipinski definition) is 7. The summed E-state index contributed by atoms with van der Waals surface area (Å²) in [5.74, 6) is -6.56. The maximum atomic E-state index is 12.1. The molecular formula is C14H19N5O8. The number of H-pyrrole nitrogens is 1. The number of nitrogens with one attached hydrogen (secondary N) is 3. The van der Waals surface area contributed by atoms with Crippen molar-refractivity contribution < 1.29 is 39.3 Å². The number of nitrogens with zero attached hydrogens (tertiary/aromatic N) is 1. The average molecular weight is 385 g/mol. The number of imidazole rings is 1. The Morgan fingerprint density at radius 3 is 2.04 bits per heavy atom. The van der Waals surface area contributed by atoms with Crippen LogP contribution < -0.4 is 16.4 Å². The van der Waals surface area contributed by atoms with Crippen LogP contribution in [-0.2, 0) is 30.4 Å². The first-order valence-corrected chi connectivity index (χ1v) is 7.60. The zero-order valence-corrected chi connectivity index (χ0v) is 13.9. The van der Waals surface area contributed by atoms with Crippen molar-refractivity contribution >= 4 is 29.7 Å². The van der Waals surface area contributed by atoms with Gasteiger partial charge in [0.05, 0.1) is 25.2 Å². The van der Waals surface area contributed by atoms with Crippen LogP contribution in [0.4, 0.5) is 0 Å². The molecule has 1 rings (SSSR count). The minimum absolute atomic E-state index is 0.0318. The fourth-order valence-corrected chi connectivity index (χ4v) is 2.04. The van der Waals surface area contributed by atoms with Crippen LogP contribution in [0.3, 0.4) is 0 Å². The van der Waals surface area contributed by atoms with Crippen molar-refractivity contribution in [1.29, 1.82) is 0 Å². The maximum absolute atomic E-state index is 12.1. The minimum atomic E-state index is -1.79. The third kappa shape index (κ3) is 7.52. The minimum Gasteiger partial charge on any atom is -0.481 e. The van der Waals surface area contributed by atoms with E-state index >= 15 is 0 Å². The molecule has 0 aliphatic rings. The molecule has 3 unspecified atom stereocenters. The number of aliphatic carboxylic acids is 3. The normalized spacial score (nSPS) is 13.8.